The van der Waals surface area contributed by atoms with Crippen LogP contribution in [0.25, 0.3) is 5.82 Å². The average molecular weight is 232 g/mol. The maximum Gasteiger partial charge on any atom is 0.182 e. The van der Waals surface area contributed by atoms with Crippen molar-refractivity contribution in [2.45, 2.75) is 33.2 Å². The highest BCUT2D eigenvalue weighted by atomic mass is 15.4. The van der Waals surface area contributed by atoms with Crippen molar-refractivity contribution >= 4 is 0 Å². The first-order chi connectivity index (χ1) is 8.30. The quantitative estimate of drug-likeness (QED) is 0.836. The topological polar surface area (TPSA) is 82.5 Å². The Kier molecular flexibility index (Phi) is 3.43. The Morgan fingerprint density at radius 1 is 1.29 bits per heavy atom. The second-order valence-electron chi connectivity index (χ2n) is 3.65. The first-order valence-corrected chi connectivity index (χ1v) is 5.75. The molecule has 0 bridgehead atoms. The molecule has 0 atom stereocenters. The number of aryl methyl sites for hydroxylation is 2. The monoisotopic (exact) mass is 232 g/mol. The Morgan fingerprint density at radius 3 is 2.76 bits per heavy atom. The van der Waals surface area contributed by atoms with E-state index >= 15 is 0 Å². The van der Waals surface area contributed by atoms with Gasteiger partial charge in [0.15, 0.2) is 11.6 Å². The van der Waals surface area contributed by atoms with Gasteiger partial charge in [0.05, 0.1) is 6.20 Å². The van der Waals surface area contributed by atoms with E-state index < -0.39 is 0 Å². The van der Waals surface area contributed by atoms with Crippen LogP contribution in [0.15, 0.2) is 12.3 Å². The van der Waals surface area contributed by atoms with Gasteiger partial charge in [-0.25, -0.2) is 4.98 Å². The van der Waals surface area contributed by atoms with Crippen LogP contribution in [-0.4, -0.2) is 25.0 Å². The predicted octanol–water partition coefficient (Wildman–Crippen LogP) is 0.641. The first-order valence-electron chi connectivity index (χ1n) is 5.75. The van der Waals surface area contributed by atoms with Gasteiger partial charge < -0.3 is 5.73 Å². The SMILES string of the molecule is CCc1nc(CC)n(-c2nnccc2CN)n1. The molecule has 0 radical (unpaired) electrons. The van der Waals surface area contributed by atoms with E-state index in [0.29, 0.717) is 12.4 Å². The molecule has 0 spiro atoms. The van der Waals surface area contributed by atoms with Crippen LogP contribution in [0.3, 0.4) is 0 Å². The van der Waals surface area contributed by atoms with Crippen molar-refractivity contribution in [3.8, 4) is 5.82 Å². The van der Waals surface area contributed by atoms with Crippen molar-refractivity contribution in [3.63, 3.8) is 0 Å². The van der Waals surface area contributed by atoms with Gasteiger partial charge in [0.2, 0.25) is 0 Å². The third-order valence-electron chi connectivity index (χ3n) is 2.55. The highest BCUT2D eigenvalue weighted by molar-refractivity contribution is 5.31. The normalized spacial score (nSPS) is 10.8. The zero-order valence-electron chi connectivity index (χ0n) is 10.1. The Balaban J connectivity index is 2.54. The summed E-state index contributed by atoms with van der Waals surface area (Å²) in [5.41, 5.74) is 6.61. The van der Waals surface area contributed by atoms with Crippen molar-refractivity contribution in [2.75, 3.05) is 0 Å². The number of rotatable bonds is 4. The summed E-state index contributed by atoms with van der Waals surface area (Å²) in [4.78, 5) is 4.44. The third kappa shape index (κ3) is 2.16. The predicted molar refractivity (Wildman–Crippen MR) is 63.6 cm³/mol. The summed E-state index contributed by atoms with van der Waals surface area (Å²) in [6, 6.07) is 1.86. The van der Waals surface area contributed by atoms with Crippen LogP contribution in [0.5, 0.6) is 0 Å². The fourth-order valence-electron chi connectivity index (χ4n) is 1.63. The highest BCUT2D eigenvalue weighted by Gasteiger charge is 2.13. The highest BCUT2D eigenvalue weighted by Crippen LogP contribution is 2.12. The van der Waals surface area contributed by atoms with Gasteiger partial charge in [-0.1, -0.05) is 13.8 Å². The van der Waals surface area contributed by atoms with Gasteiger partial charge in [0.1, 0.15) is 5.82 Å². The number of nitrogens with zero attached hydrogens (tertiary/aromatic N) is 5. The van der Waals surface area contributed by atoms with Gasteiger partial charge in [-0.3, -0.25) is 0 Å². The molecule has 0 aromatic carbocycles. The lowest BCUT2D eigenvalue weighted by Gasteiger charge is -2.06. The van der Waals surface area contributed by atoms with Crippen molar-refractivity contribution in [1.82, 2.24) is 25.0 Å². The fourth-order valence-corrected chi connectivity index (χ4v) is 1.63. The smallest absolute Gasteiger partial charge is 0.182 e. The molecule has 2 rings (SSSR count). The van der Waals surface area contributed by atoms with Crippen LogP contribution < -0.4 is 5.73 Å². The van der Waals surface area contributed by atoms with Gasteiger partial charge >= 0.3 is 0 Å². The van der Waals surface area contributed by atoms with Gasteiger partial charge in [-0.05, 0) is 6.07 Å². The van der Waals surface area contributed by atoms with E-state index in [2.05, 4.69) is 20.3 Å². The summed E-state index contributed by atoms with van der Waals surface area (Å²) in [5.74, 6) is 2.38. The molecule has 0 saturated carbocycles. The van der Waals surface area contributed by atoms with Crippen molar-refractivity contribution in [1.29, 1.82) is 0 Å². The molecule has 90 valence electrons. The van der Waals surface area contributed by atoms with E-state index in [4.69, 9.17) is 5.73 Å². The molecular formula is C11H16N6. The molecule has 0 aliphatic rings. The second kappa shape index (κ2) is 5.01. The van der Waals surface area contributed by atoms with E-state index in [0.717, 1.165) is 30.1 Å². The molecule has 0 saturated heterocycles. The molecule has 0 unspecified atom stereocenters. The molecule has 6 nitrogen and oxygen atoms in total. The number of nitrogens with two attached hydrogens (primary N) is 1. The fraction of sp³-hybridized carbons (Fsp3) is 0.455. The maximum atomic E-state index is 5.69. The third-order valence-corrected chi connectivity index (χ3v) is 2.55. The Labute approximate surface area is 99.9 Å². The molecule has 0 aliphatic heterocycles. The van der Waals surface area contributed by atoms with E-state index in [1.165, 1.54) is 0 Å². The van der Waals surface area contributed by atoms with E-state index in [-0.39, 0.29) is 0 Å². The molecule has 2 N–H and O–H groups in total. The number of hydrogen-bond acceptors (Lipinski definition) is 5. The molecular weight excluding hydrogens is 216 g/mol. The molecule has 0 amide bonds. The molecule has 2 aromatic heterocycles. The lowest BCUT2D eigenvalue weighted by molar-refractivity contribution is 0.737. The molecule has 0 aliphatic carbocycles. The Bertz CT molecular complexity index is 504. The molecule has 2 heterocycles. The van der Waals surface area contributed by atoms with Crippen LogP contribution >= 0.6 is 0 Å². The van der Waals surface area contributed by atoms with Crippen LogP contribution in [0.2, 0.25) is 0 Å². The largest absolute Gasteiger partial charge is 0.326 e. The maximum absolute atomic E-state index is 5.69. The van der Waals surface area contributed by atoms with E-state index in [1.807, 2.05) is 19.9 Å². The van der Waals surface area contributed by atoms with Crippen molar-refractivity contribution in [2.24, 2.45) is 5.73 Å². The summed E-state index contributed by atoms with van der Waals surface area (Å²) in [5, 5.41) is 12.4. The van der Waals surface area contributed by atoms with Crippen molar-refractivity contribution in [3.05, 3.63) is 29.5 Å². The zero-order chi connectivity index (χ0) is 12.3. The first kappa shape index (κ1) is 11.7. The summed E-state index contributed by atoms with van der Waals surface area (Å²) in [6.07, 6.45) is 3.24. The minimum atomic E-state index is 0.412. The molecule has 2 aromatic rings. The van der Waals surface area contributed by atoms with Crippen LogP contribution in [0.1, 0.15) is 31.1 Å². The molecule has 0 fully saturated rings. The second-order valence-corrected chi connectivity index (χ2v) is 3.65. The minimum Gasteiger partial charge on any atom is -0.326 e. The van der Waals surface area contributed by atoms with Crippen molar-refractivity contribution < 1.29 is 0 Å². The average Bonchev–Trinajstić information content (AvgIpc) is 2.81. The van der Waals surface area contributed by atoms with Gasteiger partial charge in [-0.2, -0.15) is 9.78 Å². The number of hydrogen-bond donors (Lipinski definition) is 1. The van der Waals surface area contributed by atoms with Gasteiger partial charge in [0.25, 0.3) is 0 Å². The van der Waals surface area contributed by atoms with Crippen LogP contribution in [0, 0.1) is 0 Å². The number of aromatic nitrogens is 5. The standard InChI is InChI=1S/C11H16N6/c1-3-9-14-10(4-2)17(16-9)11-8(7-12)5-6-13-15-11/h5-6H,3-4,7,12H2,1-2H3. The summed E-state index contributed by atoms with van der Waals surface area (Å²) < 4.78 is 1.74. The van der Waals surface area contributed by atoms with E-state index in [1.54, 1.807) is 10.9 Å². The summed E-state index contributed by atoms with van der Waals surface area (Å²) in [6.45, 7) is 4.48. The minimum absolute atomic E-state index is 0.412. The van der Waals surface area contributed by atoms with Crippen LogP contribution in [-0.2, 0) is 19.4 Å². The van der Waals surface area contributed by atoms with Gasteiger partial charge in [0, 0.05) is 24.9 Å². The zero-order valence-corrected chi connectivity index (χ0v) is 10.1. The molecule has 6 heteroatoms. The van der Waals surface area contributed by atoms with Gasteiger partial charge in [-0.15, -0.1) is 10.2 Å². The lowest BCUT2D eigenvalue weighted by atomic mass is 10.3. The van der Waals surface area contributed by atoms with Crippen LogP contribution in [0.4, 0.5) is 0 Å². The van der Waals surface area contributed by atoms with E-state index in [9.17, 15) is 0 Å². The lowest BCUT2D eigenvalue weighted by Crippen LogP contribution is -2.11. The molecule has 17 heavy (non-hydrogen) atoms. The Hall–Kier alpha value is -1.82. The Morgan fingerprint density at radius 2 is 2.12 bits per heavy atom. The summed E-state index contributed by atoms with van der Waals surface area (Å²) >= 11 is 0. The summed E-state index contributed by atoms with van der Waals surface area (Å²) in [7, 11) is 0.